The molecule has 4 aliphatic carbocycles. The van der Waals surface area contributed by atoms with Crippen molar-refractivity contribution in [2.24, 2.45) is 35.5 Å². The molecule has 0 heteroatoms. The maximum absolute atomic E-state index is 2.65. The van der Waals surface area contributed by atoms with Crippen molar-refractivity contribution in [3.63, 3.8) is 0 Å². The highest BCUT2D eigenvalue weighted by Gasteiger charge is 2.69. The molecule has 0 bridgehead atoms. The maximum atomic E-state index is 2.65. The van der Waals surface area contributed by atoms with Crippen molar-refractivity contribution in [1.29, 1.82) is 0 Å². The third kappa shape index (κ3) is 3.51. The molecule has 0 radical (unpaired) electrons. The molecule has 0 amide bonds. The second-order valence-electron chi connectivity index (χ2n) is 18.3. The highest BCUT2D eigenvalue weighted by molar-refractivity contribution is 6.13. The maximum Gasteiger partial charge on any atom is 0.0288 e. The van der Waals surface area contributed by atoms with Crippen molar-refractivity contribution in [3.8, 4) is 11.1 Å². The zero-order valence-electron chi connectivity index (χ0n) is 31.6. The summed E-state index contributed by atoms with van der Waals surface area (Å²) in [7, 11) is 0. The summed E-state index contributed by atoms with van der Waals surface area (Å²) < 4.78 is 0. The summed E-state index contributed by atoms with van der Waals surface area (Å²) in [5.74, 6) is 3.75. The lowest BCUT2D eigenvalue weighted by Crippen LogP contribution is -2.64. The molecule has 8 rings (SSSR count). The van der Waals surface area contributed by atoms with E-state index in [0.29, 0.717) is 35.5 Å². The van der Waals surface area contributed by atoms with Gasteiger partial charge in [-0.15, -0.1) is 0 Å². The summed E-state index contributed by atoms with van der Waals surface area (Å²) in [4.78, 5) is 0. The molecular formula is C47H56. The van der Waals surface area contributed by atoms with Gasteiger partial charge in [-0.3, -0.25) is 0 Å². The highest BCUT2D eigenvalue weighted by atomic mass is 14.7. The van der Waals surface area contributed by atoms with E-state index in [1.54, 1.807) is 39.0 Å². The van der Waals surface area contributed by atoms with Crippen LogP contribution in [0.5, 0.6) is 0 Å². The van der Waals surface area contributed by atoms with E-state index in [9.17, 15) is 0 Å². The van der Waals surface area contributed by atoms with Crippen molar-refractivity contribution >= 4 is 21.9 Å². The third-order valence-electron chi connectivity index (χ3n) is 13.7. The molecule has 0 saturated heterocycles. The van der Waals surface area contributed by atoms with Crippen molar-refractivity contribution in [2.45, 2.75) is 113 Å². The first-order valence-electron chi connectivity index (χ1n) is 18.6. The summed E-state index contributed by atoms with van der Waals surface area (Å²) in [6, 6.07) is 20.1. The molecule has 4 aliphatic rings. The highest BCUT2D eigenvalue weighted by Crippen LogP contribution is 2.75. The zero-order valence-corrected chi connectivity index (χ0v) is 31.6. The second kappa shape index (κ2) is 9.52. The quantitative estimate of drug-likeness (QED) is 0.214. The summed E-state index contributed by atoms with van der Waals surface area (Å²) in [5.41, 5.74) is 21.2. The van der Waals surface area contributed by atoms with E-state index in [2.05, 4.69) is 145 Å². The molecule has 244 valence electrons. The average molecular weight is 621 g/mol. The predicted molar refractivity (Wildman–Crippen MR) is 203 cm³/mol. The Balaban J connectivity index is 1.54. The summed E-state index contributed by atoms with van der Waals surface area (Å²) in [6.45, 7) is 34.4. The monoisotopic (exact) mass is 620 g/mol. The molecule has 1 saturated carbocycles. The molecule has 0 N–H and O–H groups in total. The molecule has 0 aliphatic heterocycles. The number of fused-ring (bicyclic) bond motifs is 12. The first-order valence-corrected chi connectivity index (χ1v) is 18.6. The Bertz CT molecular complexity index is 2050. The summed E-state index contributed by atoms with van der Waals surface area (Å²) in [6.07, 6.45) is 0. The van der Waals surface area contributed by atoms with Crippen LogP contribution in [0, 0.1) is 63.2 Å². The van der Waals surface area contributed by atoms with Gasteiger partial charge in [0, 0.05) is 16.2 Å². The topological polar surface area (TPSA) is 0 Å². The molecule has 4 aromatic rings. The number of hydrogen-bond acceptors (Lipinski definition) is 0. The number of aryl methyl sites for hydroxylation is 4. The van der Waals surface area contributed by atoms with Gasteiger partial charge in [0.25, 0.3) is 0 Å². The summed E-state index contributed by atoms with van der Waals surface area (Å²) in [5, 5.41) is 3.01. The van der Waals surface area contributed by atoms with Crippen LogP contribution in [0.1, 0.15) is 125 Å². The van der Waals surface area contributed by atoms with Gasteiger partial charge in [0.1, 0.15) is 0 Å². The lowest BCUT2D eigenvalue weighted by Gasteiger charge is -2.66. The Labute approximate surface area is 285 Å². The van der Waals surface area contributed by atoms with Gasteiger partial charge in [0.05, 0.1) is 0 Å². The van der Waals surface area contributed by atoms with E-state index in [1.807, 2.05) is 0 Å². The largest absolute Gasteiger partial charge is 0.0625 e. The van der Waals surface area contributed by atoms with E-state index < -0.39 is 0 Å². The van der Waals surface area contributed by atoms with E-state index >= 15 is 0 Å². The lowest BCUT2D eigenvalue weighted by molar-refractivity contribution is -0.105. The normalized spacial score (nSPS) is 25.9. The van der Waals surface area contributed by atoms with E-state index in [0.717, 1.165) is 0 Å². The van der Waals surface area contributed by atoms with E-state index in [4.69, 9.17) is 0 Å². The van der Waals surface area contributed by atoms with E-state index in [-0.39, 0.29) is 16.2 Å². The van der Waals surface area contributed by atoms with Crippen LogP contribution in [0.2, 0.25) is 0 Å². The number of benzene rings is 4. The Morgan fingerprint density at radius 2 is 1.13 bits per heavy atom. The molecule has 1 fully saturated rings. The van der Waals surface area contributed by atoms with Crippen LogP contribution in [0.3, 0.4) is 0 Å². The van der Waals surface area contributed by atoms with Crippen LogP contribution in [0.15, 0.2) is 48.5 Å². The van der Waals surface area contributed by atoms with Gasteiger partial charge >= 0.3 is 0 Å². The van der Waals surface area contributed by atoms with Crippen LogP contribution >= 0.6 is 0 Å². The van der Waals surface area contributed by atoms with Crippen molar-refractivity contribution in [1.82, 2.24) is 0 Å². The molecule has 0 aromatic heterocycles. The number of hydrogen-bond donors (Lipinski definition) is 0. The van der Waals surface area contributed by atoms with Gasteiger partial charge in [-0.25, -0.2) is 0 Å². The Morgan fingerprint density at radius 3 is 1.74 bits per heavy atom. The number of allylic oxidation sites excluding steroid dienone is 2. The van der Waals surface area contributed by atoms with Gasteiger partial charge in [-0.1, -0.05) is 129 Å². The standard InChI is InChI=1S/C47H56/c1-23(2)36-39(24(3)4)47(40(36)25(5)6)35-18-16-30-42(38(35)33-22-29(10)37-28(9)19-27(8)21-32(37)41(33)47)46(13,14)44-31-20-26(7)15-17-34(31)45(11,12)43(30)44/h15-25,36,39-40H,1-14H3. The smallest absolute Gasteiger partial charge is 0.0288 e. The molecule has 0 nitrogen and oxygen atoms in total. The molecule has 47 heavy (non-hydrogen) atoms. The molecule has 4 aromatic carbocycles. The van der Waals surface area contributed by atoms with Crippen molar-refractivity contribution in [3.05, 3.63) is 104 Å². The predicted octanol–water partition coefficient (Wildman–Crippen LogP) is 12.7. The van der Waals surface area contributed by atoms with Gasteiger partial charge < -0.3 is 0 Å². The van der Waals surface area contributed by atoms with Crippen LogP contribution in [-0.2, 0) is 16.2 Å². The SMILES string of the molecule is Cc1ccc2c(c1)C1=C(c3ccc4c(c3C1(C)C)-c1cc(C)c3c(C)cc(C)cc3c1C41C(C(C)C)C(C(C)C)C1C(C)C)C2(C)C. The second-order valence-corrected chi connectivity index (χ2v) is 18.3. The minimum absolute atomic E-state index is 0.0102. The van der Waals surface area contributed by atoms with Gasteiger partial charge in [0.2, 0.25) is 0 Å². The fraction of sp³-hybridized carbons (Fsp3) is 0.489. The fourth-order valence-corrected chi connectivity index (χ4v) is 12.7. The minimum atomic E-state index is -0.0949. The van der Waals surface area contributed by atoms with Crippen molar-refractivity contribution in [2.75, 3.05) is 0 Å². The van der Waals surface area contributed by atoms with Crippen LogP contribution < -0.4 is 0 Å². The van der Waals surface area contributed by atoms with Crippen LogP contribution in [-0.4, -0.2) is 0 Å². The minimum Gasteiger partial charge on any atom is -0.0625 e. The third-order valence-corrected chi connectivity index (χ3v) is 13.7. The Hall–Kier alpha value is -3.12. The molecule has 2 atom stereocenters. The summed E-state index contributed by atoms with van der Waals surface area (Å²) >= 11 is 0. The van der Waals surface area contributed by atoms with Gasteiger partial charge in [-0.2, -0.15) is 0 Å². The first-order chi connectivity index (χ1) is 22.0. The van der Waals surface area contributed by atoms with E-state index in [1.165, 1.54) is 49.7 Å². The Kier molecular flexibility index (Phi) is 6.31. The molecule has 1 spiro atoms. The average Bonchev–Trinajstić information content (AvgIpc) is 3.47. The Morgan fingerprint density at radius 1 is 0.532 bits per heavy atom. The van der Waals surface area contributed by atoms with Crippen molar-refractivity contribution < 1.29 is 0 Å². The number of rotatable bonds is 3. The molecular weight excluding hydrogens is 565 g/mol. The first kappa shape index (κ1) is 31.2. The zero-order chi connectivity index (χ0) is 33.9. The fourth-order valence-electron chi connectivity index (χ4n) is 12.7. The van der Waals surface area contributed by atoms with Gasteiger partial charge in [-0.05, 0) is 141 Å². The molecule has 2 unspecified atom stereocenters. The molecule has 0 heterocycles. The van der Waals surface area contributed by atoms with Crippen LogP contribution in [0.25, 0.3) is 33.0 Å². The lowest BCUT2D eigenvalue weighted by atomic mass is 9.37. The van der Waals surface area contributed by atoms with Crippen LogP contribution in [0.4, 0.5) is 0 Å². The van der Waals surface area contributed by atoms with Gasteiger partial charge in [0.15, 0.2) is 0 Å².